The molecule has 7 heteroatoms. The van der Waals surface area contributed by atoms with Gasteiger partial charge in [0.05, 0.1) is 18.6 Å². The number of hydrogen-bond donors (Lipinski definition) is 1. The molecule has 0 radical (unpaired) electrons. The van der Waals surface area contributed by atoms with E-state index in [4.69, 9.17) is 9.47 Å². The molecule has 2 aromatic rings. The monoisotopic (exact) mass is 395 g/mol. The Morgan fingerprint density at radius 3 is 2.79 bits per heavy atom. The van der Waals surface area contributed by atoms with Crippen LogP contribution < -0.4 is 14.8 Å². The van der Waals surface area contributed by atoms with Crippen molar-refractivity contribution in [3.05, 3.63) is 72.3 Å². The smallest absolute Gasteiger partial charge is 0.239 e. The van der Waals surface area contributed by atoms with Gasteiger partial charge in [-0.05, 0) is 53.9 Å². The lowest BCUT2D eigenvalue weighted by Gasteiger charge is -2.07. The molecule has 3 rings (SSSR count). The molecular formula is C21H21N3O3S. The minimum atomic E-state index is -0.234. The van der Waals surface area contributed by atoms with Gasteiger partial charge >= 0.3 is 0 Å². The van der Waals surface area contributed by atoms with Crippen molar-refractivity contribution in [3.63, 3.8) is 0 Å². The Labute approximate surface area is 168 Å². The highest BCUT2D eigenvalue weighted by Gasteiger charge is 2.30. The molecule has 1 atom stereocenters. The van der Waals surface area contributed by atoms with E-state index in [0.29, 0.717) is 18.2 Å². The Morgan fingerprint density at radius 1 is 1.21 bits per heavy atom. The number of nitrogens with zero attached hydrogens (tertiary/aromatic N) is 2. The standard InChI is InChI=1S/C21H21N3O3S/c1-3-11-27-17-9-7-15(8-10-17)14-22-24-21-23-20(25)19(28-21)13-16-5-4-6-18(12-16)26-2/h3-10,12,14,19H,1,11,13H2,2H3,(H,23,24,25)/b22-14+. The molecular weight excluding hydrogens is 374 g/mol. The van der Waals surface area contributed by atoms with Crippen molar-refractivity contribution in [3.8, 4) is 11.5 Å². The normalized spacial score (nSPS) is 17.7. The molecule has 0 spiro atoms. The zero-order valence-corrected chi connectivity index (χ0v) is 16.3. The predicted molar refractivity (Wildman–Crippen MR) is 113 cm³/mol. The van der Waals surface area contributed by atoms with Gasteiger partial charge in [-0.2, -0.15) is 5.10 Å². The first kappa shape index (κ1) is 19.7. The molecule has 144 valence electrons. The quantitative estimate of drug-likeness (QED) is 0.422. The van der Waals surface area contributed by atoms with Crippen molar-refractivity contribution < 1.29 is 14.3 Å². The Kier molecular flexibility index (Phi) is 6.86. The van der Waals surface area contributed by atoms with E-state index in [-0.39, 0.29) is 11.2 Å². The highest BCUT2D eigenvalue weighted by molar-refractivity contribution is 8.15. The van der Waals surface area contributed by atoms with Crippen LogP contribution in [0, 0.1) is 0 Å². The number of amidine groups is 1. The number of methoxy groups -OCH3 is 1. The van der Waals surface area contributed by atoms with Crippen LogP contribution in [-0.4, -0.2) is 36.3 Å². The fourth-order valence-electron chi connectivity index (χ4n) is 2.55. The maximum atomic E-state index is 12.2. The van der Waals surface area contributed by atoms with E-state index >= 15 is 0 Å². The second-order valence-corrected chi connectivity index (χ2v) is 7.16. The molecule has 1 heterocycles. The molecule has 0 aromatic heterocycles. The van der Waals surface area contributed by atoms with Crippen molar-refractivity contribution in [2.75, 3.05) is 13.7 Å². The van der Waals surface area contributed by atoms with Crippen molar-refractivity contribution in [2.24, 2.45) is 10.2 Å². The number of carbonyl (C=O) groups is 1. The number of ether oxygens (including phenoxy) is 2. The molecule has 1 aliphatic heterocycles. The Balaban J connectivity index is 1.57. The lowest BCUT2D eigenvalue weighted by Crippen LogP contribution is -2.25. The molecule has 0 saturated carbocycles. The Morgan fingerprint density at radius 2 is 2.04 bits per heavy atom. The number of nitrogens with one attached hydrogen (secondary N) is 1. The van der Waals surface area contributed by atoms with Gasteiger partial charge in [-0.25, -0.2) is 0 Å². The third-order valence-corrected chi connectivity index (χ3v) is 5.01. The molecule has 28 heavy (non-hydrogen) atoms. The molecule has 1 unspecified atom stereocenters. The fraction of sp³-hybridized carbons (Fsp3) is 0.190. The van der Waals surface area contributed by atoms with E-state index in [9.17, 15) is 4.79 Å². The van der Waals surface area contributed by atoms with E-state index in [1.807, 2.05) is 48.5 Å². The van der Waals surface area contributed by atoms with Crippen molar-refractivity contribution in [1.82, 2.24) is 5.32 Å². The van der Waals surface area contributed by atoms with Crippen LogP contribution in [0.2, 0.25) is 0 Å². The third-order valence-electron chi connectivity index (χ3n) is 3.94. The summed E-state index contributed by atoms with van der Waals surface area (Å²) in [5.74, 6) is 1.48. The minimum Gasteiger partial charge on any atom is -0.497 e. The van der Waals surface area contributed by atoms with Gasteiger partial charge in [0.1, 0.15) is 18.1 Å². The first-order valence-corrected chi connectivity index (χ1v) is 9.61. The van der Waals surface area contributed by atoms with Gasteiger partial charge in [0.15, 0.2) is 5.17 Å². The van der Waals surface area contributed by atoms with E-state index in [2.05, 4.69) is 22.1 Å². The second kappa shape index (κ2) is 9.75. The second-order valence-electron chi connectivity index (χ2n) is 5.97. The molecule has 1 amide bonds. The van der Waals surface area contributed by atoms with Gasteiger partial charge in [-0.3, -0.25) is 4.79 Å². The summed E-state index contributed by atoms with van der Waals surface area (Å²) in [5.41, 5.74) is 1.92. The van der Waals surface area contributed by atoms with Crippen LogP contribution in [0.15, 0.2) is 71.4 Å². The number of carbonyl (C=O) groups excluding carboxylic acids is 1. The summed E-state index contributed by atoms with van der Waals surface area (Å²) in [6.45, 7) is 4.08. The summed E-state index contributed by atoms with van der Waals surface area (Å²) in [4.78, 5) is 12.2. The lowest BCUT2D eigenvalue weighted by atomic mass is 10.1. The first-order valence-electron chi connectivity index (χ1n) is 8.73. The van der Waals surface area contributed by atoms with Gasteiger partial charge in [0.25, 0.3) is 0 Å². The predicted octanol–water partition coefficient (Wildman–Crippen LogP) is 3.42. The Hall–Kier alpha value is -3.06. The average Bonchev–Trinajstić information content (AvgIpc) is 3.06. The van der Waals surface area contributed by atoms with Crippen molar-refractivity contribution in [2.45, 2.75) is 11.7 Å². The maximum absolute atomic E-state index is 12.2. The van der Waals surface area contributed by atoms with Crippen LogP contribution in [0.5, 0.6) is 11.5 Å². The Bertz CT molecular complexity index is 894. The number of hydrogen-bond acceptors (Lipinski definition) is 6. The van der Waals surface area contributed by atoms with E-state index in [1.165, 1.54) is 11.8 Å². The number of rotatable bonds is 8. The third kappa shape index (κ3) is 5.47. The first-order chi connectivity index (χ1) is 13.7. The molecule has 0 bridgehead atoms. The average molecular weight is 395 g/mol. The molecule has 1 saturated heterocycles. The largest absolute Gasteiger partial charge is 0.497 e. The van der Waals surface area contributed by atoms with Crippen LogP contribution >= 0.6 is 11.8 Å². The van der Waals surface area contributed by atoms with Gasteiger partial charge in [0, 0.05) is 0 Å². The number of thioether (sulfide) groups is 1. The zero-order chi connectivity index (χ0) is 19.8. The SMILES string of the molecule is C=CCOc1ccc(/C=N/N=C2/NC(=O)C(Cc3cccc(OC)c3)S2)cc1. The fourth-order valence-corrected chi connectivity index (χ4v) is 3.52. The van der Waals surface area contributed by atoms with Crippen molar-refractivity contribution in [1.29, 1.82) is 0 Å². The maximum Gasteiger partial charge on any atom is 0.239 e. The van der Waals surface area contributed by atoms with Crippen molar-refractivity contribution >= 4 is 29.1 Å². The zero-order valence-electron chi connectivity index (χ0n) is 15.5. The number of benzene rings is 2. The summed E-state index contributed by atoms with van der Waals surface area (Å²) in [6.07, 6.45) is 3.93. The molecule has 1 fully saturated rings. The summed E-state index contributed by atoms with van der Waals surface area (Å²) < 4.78 is 10.7. The van der Waals surface area contributed by atoms with Crippen LogP contribution in [0.3, 0.4) is 0 Å². The summed E-state index contributed by atoms with van der Waals surface area (Å²) in [6, 6.07) is 15.2. The lowest BCUT2D eigenvalue weighted by molar-refractivity contribution is -0.118. The number of amides is 1. The highest BCUT2D eigenvalue weighted by Crippen LogP contribution is 2.24. The van der Waals surface area contributed by atoms with E-state index in [1.54, 1.807) is 19.4 Å². The molecule has 0 aliphatic carbocycles. The molecule has 1 N–H and O–H groups in total. The summed E-state index contributed by atoms with van der Waals surface area (Å²) >= 11 is 1.38. The van der Waals surface area contributed by atoms with Crippen LogP contribution in [0.4, 0.5) is 0 Å². The van der Waals surface area contributed by atoms with Gasteiger partial charge < -0.3 is 14.8 Å². The topological polar surface area (TPSA) is 72.3 Å². The molecule has 6 nitrogen and oxygen atoms in total. The van der Waals surface area contributed by atoms with Gasteiger partial charge in [-0.1, -0.05) is 36.5 Å². The summed E-state index contributed by atoms with van der Waals surface area (Å²) in [7, 11) is 1.63. The van der Waals surface area contributed by atoms with Crippen LogP contribution in [-0.2, 0) is 11.2 Å². The van der Waals surface area contributed by atoms with Crippen LogP contribution in [0.1, 0.15) is 11.1 Å². The van der Waals surface area contributed by atoms with E-state index < -0.39 is 0 Å². The highest BCUT2D eigenvalue weighted by atomic mass is 32.2. The summed E-state index contributed by atoms with van der Waals surface area (Å²) in [5, 5.41) is 11.2. The van der Waals surface area contributed by atoms with E-state index in [0.717, 1.165) is 22.6 Å². The van der Waals surface area contributed by atoms with Gasteiger partial charge in [0.2, 0.25) is 5.91 Å². The van der Waals surface area contributed by atoms with Crippen LogP contribution in [0.25, 0.3) is 0 Å². The molecule has 1 aliphatic rings. The van der Waals surface area contributed by atoms with Gasteiger partial charge in [-0.15, -0.1) is 5.10 Å². The minimum absolute atomic E-state index is 0.0644. The molecule has 2 aromatic carbocycles.